The monoisotopic (exact) mass is 389 g/mol. The van der Waals surface area contributed by atoms with Crippen LogP contribution in [0.2, 0.25) is 0 Å². The number of carbonyl (C=O) groups is 1. The summed E-state index contributed by atoms with van der Waals surface area (Å²) in [6, 6.07) is 10.6. The summed E-state index contributed by atoms with van der Waals surface area (Å²) in [6.07, 6.45) is -3.25. The first-order valence-electron chi connectivity index (χ1n) is 8.67. The van der Waals surface area contributed by atoms with Gasteiger partial charge in [0.1, 0.15) is 5.56 Å². The zero-order valence-corrected chi connectivity index (χ0v) is 15.3. The van der Waals surface area contributed by atoms with Crippen LogP contribution in [-0.4, -0.2) is 17.1 Å². The molecule has 0 saturated carbocycles. The van der Waals surface area contributed by atoms with Crippen LogP contribution in [0.1, 0.15) is 34.0 Å². The number of rotatable bonds is 4. The van der Waals surface area contributed by atoms with Crippen LogP contribution in [0.4, 0.5) is 13.2 Å². The number of hydrogen-bond donors (Lipinski definition) is 0. The number of hydrogen-bond acceptors (Lipinski definition) is 3. The molecule has 3 rings (SSSR count). The van der Waals surface area contributed by atoms with Gasteiger partial charge in [-0.05, 0) is 37.6 Å². The van der Waals surface area contributed by atoms with Crippen molar-refractivity contribution in [1.82, 2.24) is 4.57 Å². The SMILES string of the molecule is CCOC(=O)c1cn(Cc2ccc(C)cc2)c2ccc(C(F)(F)F)cc2c1=O. The molecule has 0 spiro atoms. The molecular weight excluding hydrogens is 371 g/mol. The minimum absolute atomic E-state index is 0.0524. The first-order valence-corrected chi connectivity index (χ1v) is 8.67. The minimum Gasteiger partial charge on any atom is -0.462 e. The van der Waals surface area contributed by atoms with Crippen molar-refractivity contribution < 1.29 is 22.7 Å². The maximum Gasteiger partial charge on any atom is 0.416 e. The van der Waals surface area contributed by atoms with Crippen molar-refractivity contribution in [2.45, 2.75) is 26.6 Å². The van der Waals surface area contributed by atoms with Gasteiger partial charge in [0.15, 0.2) is 0 Å². The zero-order chi connectivity index (χ0) is 20.5. The topological polar surface area (TPSA) is 48.3 Å². The fourth-order valence-corrected chi connectivity index (χ4v) is 2.95. The number of alkyl halides is 3. The van der Waals surface area contributed by atoms with Gasteiger partial charge in [-0.3, -0.25) is 4.79 Å². The molecule has 28 heavy (non-hydrogen) atoms. The lowest BCUT2D eigenvalue weighted by Crippen LogP contribution is -2.21. The standard InChI is InChI=1S/C21H18F3NO3/c1-3-28-20(27)17-12-25(11-14-6-4-13(2)5-7-14)18-9-8-15(21(22,23)24)10-16(18)19(17)26/h4-10,12H,3,11H2,1-2H3. The molecule has 0 aliphatic heterocycles. The molecule has 0 bridgehead atoms. The molecule has 0 radical (unpaired) electrons. The summed E-state index contributed by atoms with van der Waals surface area (Å²) in [5, 5.41) is -0.174. The Morgan fingerprint density at radius 2 is 1.79 bits per heavy atom. The van der Waals surface area contributed by atoms with Crippen LogP contribution in [-0.2, 0) is 17.5 Å². The molecule has 0 aliphatic rings. The Bertz CT molecular complexity index is 1080. The summed E-state index contributed by atoms with van der Waals surface area (Å²) < 4.78 is 45.8. The normalized spacial score (nSPS) is 11.6. The van der Waals surface area contributed by atoms with Gasteiger partial charge in [-0.25, -0.2) is 4.79 Å². The lowest BCUT2D eigenvalue weighted by Gasteiger charge is -2.15. The van der Waals surface area contributed by atoms with Gasteiger partial charge >= 0.3 is 12.1 Å². The van der Waals surface area contributed by atoms with Crippen LogP contribution in [0.3, 0.4) is 0 Å². The summed E-state index contributed by atoms with van der Waals surface area (Å²) in [7, 11) is 0. The van der Waals surface area contributed by atoms with Crippen LogP contribution in [0.15, 0.2) is 53.5 Å². The van der Waals surface area contributed by atoms with Crippen LogP contribution >= 0.6 is 0 Å². The highest BCUT2D eigenvalue weighted by Gasteiger charge is 2.31. The lowest BCUT2D eigenvalue weighted by molar-refractivity contribution is -0.137. The summed E-state index contributed by atoms with van der Waals surface area (Å²) in [5.74, 6) is -0.857. The molecule has 0 saturated heterocycles. The molecule has 7 heteroatoms. The number of fused-ring (bicyclic) bond motifs is 1. The van der Waals surface area contributed by atoms with Crippen molar-refractivity contribution in [2.75, 3.05) is 6.61 Å². The van der Waals surface area contributed by atoms with Crippen LogP contribution < -0.4 is 5.43 Å². The maximum absolute atomic E-state index is 13.1. The van der Waals surface area contributed by atoms with Gasteiger partial charge in [0.05, 0.1) is 17.7 Å². The molecule has 0 amide bonds. The number of esters is 1. The van der Waals surface area contributed by atoms with Gasteiger partial charge in [-0.2, -0.15) is 13.2 Å². The van der Waals surface area contributed by atoms with Crippen molar-refractivity contribution in [3.05, 3.63) is 81.1 Å². The Morgan fingerprint density at radius 3 is 2.39 bits per heavy atom. The molecule has 0 atom stereocenters. The number of pyridine rings is 1. The molecule has 4 nitrogen and oxygen atoms in total. The molecule has 0 unspecified atom stereocenters. The molecule has 146 valence electrons. The zero-order valence-electron chi connectivity index (χ0n) is 15.3. The van der Waals surface area contributed by atoms with E-state index in [-0.39, 0.29) is 24.1 Å². The molecule has 0 fully saturated rings. The smallest absolute Gasteiger partial charge is 0.416 e. The number of carbonyl (C=O) groups excluding carboxylic acids is 1. The Labute approximate surface area is 159 Å². The maximum atomic E-state index is 13.1. The first-order chi connectivity index (χ1) is 13.2. The van der Waals surface area contributed by atoms with Crippen LogP contribution in [0.25, 0.3) is 10.9 Å². The second-order valence-corrected chi connectivity index (χ2v) is 6.44. The fourth-order valence-electron chi connectivity index (χ4n) is 2.95. The van der Waals surface area contributed by atoms with E-state index in [0.29, 0.717) is 5.52 Å². The molecule has 0 N–H and O–H groups in total. The second kappa shape index (κ2) is 7.50. The number of ether oxygens (including phenoxy) is 1. The first kappa shape index (κ1) is 19.7. The Hall–Kier alpha value is -3.09. The summed E-state index contributed by atoms with van der Waals surface area (Å²) in [4.78, 5) is 24.9. The average Bonchev–Trinajstić information content (AvgIpc) is 2.64. The van der Waals surface area contributed by atoms with E-state index in [2.05, 4.69) is 0 Å². The summed E-state index contributed by atoms with van der Waals surface area (Å²) >= 11 is 0. The van der Waals surface area contributed by atoms with Crippen molar-refractivity contribution in [1.29, 1.82) is 0 Å². The minimum atomic E-state index is -4.59. The Morgan fingerprint density at radius 1 is 1.11 bits per heavy atom. The molecule has 3 aromatic rings. The third-order valence-corrected chi connectivity index (χ3v) is 4.38. The lowest BCUT2D eigenvalue weighted by atomic mass is 10.1. The molecule has 1 heterocycles. The van der Waals surface area contributed by atoms with Crippen molar-refractivity contribution >= 4 is 16.9 Å². The van der Waals surface area contributed by atoms with E-state index in [9.17, 15) is 22.8 Å². The Kier molecular flexibility index (Phi) is 5.27. The van der Waals surface area contributed by atoms with Gasteiger partial charge in [0.2, 0.25) is 5.43 Å². The highest BCUT2D eigenvalue weighted by atomic mass is 19.4. The molecular formula is C21H18F3NO3. The van der Waals surface area contributed by atoms with E-state index in [1.165, 1.54) is 12.3 Å². The van der Waals surface area contributed by atoms with Crippen LogP contribution in [0.5, 0.6) is 0 Å². The van der Waals surface area contributed by atoms with Crippen molar-refractivity contribution in [3.8, 4) is 0 Å². The van der Waals surface area contributed by atoms with E-state index >= 15 is 0 Å². The quantitative estimate of drug-likeness (QED) is 0.615. The number of nitrogens with zero attached hydrogens (tertiary/aromatic N) is 1. The highest BCUT2D eigenvalue weighted by molar-refractivity contribution is 5.94. The van der Waals surface area contributed by atoms with E-state index in [0.717, 1.165) is 23.3 Å². The second-order valence-electron chi connectivity index (χ2n) is 6.44. The Balaban J connectivity index is 2.23. The number of aromatic nitrogens is 1. The largest absolute Gasteiger partial charge is 0.462 e. The average molecular weight is 389 g/mol. The third kappa shape index (κ3) is 3.93. The highest BCUT2D eigenvalue weighted by Crippen LogP contribution is 2.31. The fraction of sp³-hybridized carbons (Fsp3) is 0.238. The number of halogens is 3. The molecule has 2 aromatic carbocycles. The van der Waals surface area contributed by atoms with E-state index < -0.39 is 23.1 Å². The number of aryl methyl sites for hydroxylation is 1. The van der Waals surface area contributed by atoms with Gasteiger partial charge in [0.25, 0.3) is 0 Å². The van der Waals surface area contributed by atoms with Crippen LogP contribution in [0, 0.1) is 6.92 Å². The van der Waals surface area contributed by atoms with Crippen molar-refractivity contribution in [3.63, 3.8) is 0 Å². The van der Waals surface area contributed by atoms with Crippen molar-refractivity contribution in [2.24, 2.45) is 0 Å². The predicted octanol–water partition coefficient (Wildman–Crippen LogP) is 4.55. The van der Waals surface area contributed by atoms with E-state index in [4.69, 9.17) is 4.74 Å². The number of benzene rings is 2. The predicted molar refractivity (Wildman–Crippen MR) is 99.4 cm³/mol. The summed E-state index contributed by atoms with van der Waals surface area (Å²) in [6.45, 7) is 3.87. The molecule has 1 aromatic heterocycles. The van der Waals surface area contributed by atoms with E-state index in [1.807, 2.05) is 31.2 Å². The van der Waals surface area contributed by atoms with Gasteiger partial charge in [-0.15, -0.1) is 0 Å². The van der Waals surface area contributed by atoms with E-state index in [1.54, 1.807) is 11.5 Å². The van der Waals surface area contributed by atoms with Gasteiger partial charge < -0.3 is 9.30 Å². The third-order valence-electron chi connectivity index (χ3n) is 4.38. The van der Waals surface area contributed by atoms with Gasteiger partial charge in [-0.1, -0.05) is 29.8 Å². The van der Waals surface area contributed by atoms with Gasteiger partial charge in [0, 0.05) is 18.1 Å². The molecule has 0 aliphatic carbocycles. The summed E-state index contributed by atoms with van der Waals surface area (Å²) in [5.41, 5.74) is 0.243.